The number of pyridine rings is 1. The van der Waals surface area contributed by atoms with Crippen molar-refractivity contribution in [1.82, 2.24) is 10.3 Å². The van der Waals surface area contributed by atoms with Gasteiger partial charge in [0.25, 0.3) is 0 Å². The average Bonchev–Trinajstić information content (AvgIpc) is 2.38. The van der Waals surface area contributed by atoms with Crippen LogP contribution in [0, 0.1) is 30.6 Å². The highest BCUT2D eigenvalue weighted by molar-refractivity contribution is 5.50. The molecule has 0 fully saturated rings. The lowest BCUT2D eigenvalue weighted by Gasteiger charge is -2.23. The molecule has 2 N–H and O–H groups in total. The predicted octanol–water partition coefficient (Wildman–Crippen LogP) is 3.91. The molecule has 0 aliphatic rings. The van der Waals surface area contributed by atoms with Crippen LogP contribution in [0.5, 0.6) is 0 Å². The second-order valence-electron chi connectivity index (χ2n) is 7.17. The van der Waals surface area contributed by atoms with Crippen molar-refractivity contribution < 1.29 is 0 Å². The third-order valence-corrected chi connectivity index (χ3v) is 3.31. The highest BCUT2D eigenvalue weighted by Gasteiger charge is 2.13. The highest BCUT2D eigenvalue weighted by atomic mass is 15.0. The van der Waals surface area contributed by atoms with Crippen molar-refractivity contribution in [1.29, 1.82) is 5.26 Å². The Hall–Kier alpha value is -2.02. The Labute approximate surface area is 134 Å². The summed E-state index contributed by atoms with van der Waals surface area (Å²) < 4.78 is 0. The molecular weight excluding hydrogens is 272 g/mol. The van der Waals surface area contributed by atoms with E-state index in [2.05, 4.69) is 56.0 Å². The number of nitrogens with zero attached hydrogens (tertiary/aromatic N) is 2. The van der Waals surface area contributed by atoms with Gasteiger partial charge in [0.1, 0.15) is 11.9 Å². The number of hydrogen-bond donors (Lipinski definition) is 2. The van der Waals surface area contributed by atoms with Gasteiger partial charge in [-0.3, -0.25) is 0 Å². The van der Waals surface area contributed by atoms with Gasteiger partial charge in [-0.25, -0.2) is 4.98 Å². The lowest BCUT2D eigenvalue weighted by molar-refractivity contribution is 0.398. The molecule has 0 aliphatic heterocycles. The van der Waals surface area contributed by atoms with E-state index in [1.807, 2.05) is 19.9 Å². The van der Waals surface area contributed by atoms with Crippen molar-refractivity contribution in [2.24, 2.45) is 5.41 Å². The van der Waals surface area contributed by atoms with Gasteiger partial charge in [0.05, 0.1) is 11.3 Å². The summed E-state index contributed by atoms with van der Waals surface area (Å²) in [5.74, 6) is 0.840. The zero-order valence-corrected chi connectivity index (χ0v) is 14.7. The largest absolute Gasteiger partial charge is 0.387 e. The third kappa shape index (κ3) is 5.77. The van der Waals surface area contributed by atoms with Crippen LogP contribution in [0.1, 0.15) is 50.9 Å². The SMILES string of the molecule is C=C(CC(C)(C)C)NCC(C)Nc1nc(C)c(C#N)cc1C. The minimum Gasteiger partial charge on any atom is -0.387 e. The maximum Gasteiger partial charge on any atom is 0.129 e. The van der Waals surface area contributed by atoms with E-state index in [1.54, 1.807) is 0 Å². The maximum absolute atomic E-state index is 9.02. The summed E-state index contributed by atoms with van der Waals surface area (Å²) in [5.41, 5.74) is 3.67. The normalized spacial score (nSPS) is 12.4. The molecule has 1 aromatic rings. The van der Waals surface area contributed by atoms with Crippen LogP contribution in [0.3, 0.4) is 0 Å². The monoisotopic (exact) mass is 300 g/mol. The molecule has 22 heavy (non-hydrogen) atoms. The summed E-state index contributed by atoms with van der Waals surface area (Å²) in [6.45, 7) is 17.4. The van der Waals surface area contributed by atoms with Crippen molar-refractivity contribution in [2.45, 2.75) is 54.0 Å². The molecule has 0 amide bonds. The Morgan fingerprint density at radius 2 is 2.05 bits per heavy atom. The maximum atomic E-state index is 9.02. The van der Waals surface area contributed by atoms with Crippen LogP contribution in [-0.2, 0) is 0 Å². The molecule has 0 aliphatic carbocycles. The number of allylic oxidation sites excluding steroid dienone is 1. The molecule has 1 rings (SSSR count). The summed E-state index contributed by atoms with van der Waals surface area (Å²) in [6.07, 6.45) is 0.951. The Balaban J connectivity index is 2.59. The molecule has 0 bridgehead atoms. The number of anilines is 1. The minimum absolute atomic E-state index is 0.218. The minimum atomic E-state index is 0.218. The molecule has 1 heterocycles. The number of nitriles is 1. The van der Waals surface area contributed by atoms with Crippen LogP contribution in [0.2, 0.25) is 0 Å². The van der Waals surface area contributed by atoms with E-state index in [1.165, 1.54) is 0 Å². The topological polar surface area (TPSA) is 60.7 Å². The number of rotatable bonds is 6. The first kappa shape index (κ1) is 18.0. The van der Waals surface area contributed by atoms with Crippen molar-refractivity contribution in [2.75, 3.05) is 11.9 Å². The fraction of sp³-hybridized carbons (Fsp3) is 0.556. The first-order valence-electron chi connectivity index (χ1n) is 7.69. The Morgan fingerprint density at radius 3 is 2.59 bits per heavy atom. The van der Waals surface area contributed by atoms with Gasteiger partial charge in [-0.2, -0.15) is 5.26 Å². The van der Waals surface area contributed by atoms with E-state index in [9.17, 15) is 0 Å². The lowest BCUT2D eigenvalue weighted by atomic mass is 9.91. The molecule has 0 spiro atoms. The fourth-order valence-corrected chi connectivity index (χ4v) is 2.25. The van der Waals surface area contributed by atoms with Gasteiger partial charge >= 0.3 is 0 Å². The Morgan fingerprint density at radius 1 is 1.41 bits per heavy atom. The molecule has 4 heteroatoms. The highest BCUT2D eigenvalue weighted by Crippen LogP contribution is 2.21. The van der Waals surface area contributed by atoms with Crippen molar-refractivity contribution in [3.05, 3.63) is 35.2 Å². The molecule has 120 valence electrons. The number of hydrogen-bond acceptors (Lipinski definition) is 4. The lowest BCUT2D eigenvalue weighted by Crippen LogP contribution is -2.31. The zero-order chi connectivity index (χ0) is 16.9. The van der Waals surface area contributed by atoms with Gasteiger partial charge < -0.3 is 10.6 Å². The van der Waals surface area contributed by atoms with Gasteiger partial charge in [0, 0.05) is 18.3 Å². The smallest absolute Gasteiger partial charge is 0.129 e. The van der Waals surface area contributed by atoms with Crippen molar-refractivity contribution in [3.8, 4) is 6.07 Å². The number of aryl methyl sites for hydroxylation is 2. The third-order valence-electron chi connectivity index (χ3n) is 3.31. The average molecular weight is 300 g/mol. The van der Waals surface area contributed by atoms with Crippen LogP contribution in [0.25, 0.3) is 0 Å². The van der Waals surface area contributed by atoms with Crippen LogP contribution < -0.4 is 10.6 Å². The van der Waals surface area contributed by atoms with Crippen LogP contribution in [0.15, 0.2) is 18.3 Å². The Kier molecular flexibility index (Phi) is 5.99. The van der Waals surface area contributed by atoms with Crippen LogP contribution >= 0.6 is 0 Å². The van der Waals surface area contributed by atoms with Crippen LogP contribution in [0.4, 0.5) is 5.82 Å². The molecule has 4 nitrogen and oxygen atoms in total. The first-order chi connectivity index (χ1) is 10.1. The van der Waals surface area contributed by atoms with E-state index in [0.29, 0.717) is 5.56 Å². The molecule has 0 radical (unpaired) electrons. The van der Waals surface area contributed by atoms with E-state index < -0.39 is 0 Å². The predicted molar refractivity (Wildman–Crippen MR) is 92.7 cm³/mol. The van der Waals surface area contributed by atoms with E-state index >= 15 is 0 Å². The Bertz CT molecular complexity index is 576. The summed E-state index contributed by atoms with van der Waals surface area (Å²) in [6, 6.07) is 4.26. The van der Waals surface area contributed by atoms with Gasteiger partial charge in [0.2, 0.25) is 0 Å². The standard InChI is InChI=1S/C18H28N4/c1-12-8-16(10-19)15(4)22-17(12)21-14(3)11-20-13(2)9-18(5,6)7/h8,14,20H,2,9,11H2,1,3-7H3,(H,21,22). The van der Waals surface area contributed by atoms with Gasteiger partial charge in [-0.15, -0.1) is 0 Å². The van der Waals surface area contributed by atoms with Crippen molar-refractivity contribution >= 4 is 5.82 Å². The van der Waals surface area contributed by atoms with Gasteiger partial charge in [-0.1, -0.05) is 27.4 Å². The molecule has 1 atom stereocenters. The molecule has 0 aromatic carbocycles. The first-order valence-corrected chi connectivity index (χ1v) is 7.69. The molecular formula is C18H28N4. The molecule has 0 saturated heterocycles. The summed E-state index contributed by atoms with van der Waals surface area (Å²) in [4.78, 5) is 4.49. The molecule has 0 saturated carbocycles. The molecule has 1 unspecified atom stereocenters. The van der Waals surface area contributed by atoms with E-state index in [-0.39, 0.29) is 11.5 Å². The summed E-state index contributed by atoms with van der Waals surface area (Å²) >= 11 is 0. The zero-order valence-electron chi connectivity index (χ0n) is 14.7. The van der Waals surface area contributed by atoms with Gasteiger partial charge in [-0.05, 0) is 44.2 Å². The number of nitrogens with one attached hydrogen (secondary N) is 2. The van der Waals surface area contributed by atoms with Gasteiger partial charge in [0.15, 0.2) is 0 Å². The van der Waals surface area contributed by atoms with Crippen LogP contribution in [-0.4, -0.2) is 17.6 Å². The van der Waals surface area contributed by atoms with E-state index in [4.69, 9.17) is 5.26 Å². The number of aromatic nitrogens is 1. The quantitative estimate of drug-likeness (QED) is 0.836. The summed E-state index contributed by atoms with van der Waals surface area (Å²) in [7, 11) is 0. The van der Waals surface area contributed by atoms with E-state index in [0.717, 1.165) is 35.7 Å². The second kappa shape index (κ2) is 7.31. The summed E-state index contributed by atoms with van der Waals surface area (Å²) in [5, 5.41) is 15.8. The second-order valence-corrected chi connectivity index (χ2v) is 7.17. The molecule has 1 aromatic heterocycles. The van der Waals surface area contributed by atoms with Crippen molar-refractivity contribution in [3.63, 3.8) is 0 Å². The fourth-order valence-electron chi connectivity index (χ4n) is 2.25.